The van der Waals surface area contributed by atoms with Gasteiger partial charge in [-0.1, -0.05) is 0 Å². The number of aromatic nitrogens is 2. The van der Waals surface area contributed by atoms with Crippen molar-refractivity contribution in [2.24, 2.45) is 5.92 Å². The van der Waals surface area contributed by atoms with Crippen molar-refractivity contribution in [1.82, 2.24) is 14.9 Å². The zero-order chi connectivity index (χ0) is 17.8. The molecule has 6 nitrogen and oxygen atoms in total. The summed E-state index contributed by atoms with van der Waals surface area (Å²) in [6.07, 6.45) is 6.37. The minimum absolute atomic E-state index is 0.822. The normalized spacial score (nSPS) is 23.4. The molecule has 3 saturated heterocycles. The van der Waals surface area contributed by atoms with E-state index in [1.54, 1.807) is 0 Å². The molecule has 1 aromatic heterocycles. The minimum Gasteiger partial charge on any atom is -0.381 e. The molecule has 0 unspecified atom stereocenters. The van der Waals surface area contributed by atoms with Crippen LogP contribution in [0.2, 0.25) is 0 Å². The van der Waals surface area contributed by atoms with Gasteiger partial charge in [0.25, 0.3) is 0 Å². The summed E-state index contributed by atoms with van der Waals surface area (Å²) in [5.74, 6) is 3.95. The Labute approximate surface area is 157 Å². The van der Waals surface area contributed by atoms with Gasteiger partial charge in [0.15, 0.2) is 0 Å². The highest BCUT2D eigenvalue weighted by atomic mass is 16.5. The quantitative estimate of drug-likeness (QED) is 0.822. The van der Waals surface area contributed by atoms with Gasteiger partial charge >= 0.3 is 0 Å². The lowest BCUT2D eigenvalue weighted by atomic mass is 9.99. The molecule has 1 aromatic rings. The maximum atomic E-state index is 5.49. The molecular weight excluding hydrogens is 326 g/mol. The molecule has 0 N–H and O–H groups in total. The molecule has 0 aliphatic carbocycles. The molecule has 0 bridgehead atoms. The number of ether oxygens (including phenoxy) is 1. The summed E-state index contributed by atoms with van der Waals surface area (Å²) in [5.41, 5.74) is 0. The molecule has 3 aliphatic heterocycles. The first-order valence-electron chi connectivity index (χ1n) is 10.4. The zero-order valence-electron chi connectivity index (χ0n) is 16.2. The van der Waals surface area contributed by atoms with Crippen LogP contribution in [-0.4, -0.2) is 73.9 Å². The molecule has 0 amide bonds. The van der Waals surface area contributed by atoms with Gasteiger partial charge in [0.05, 0.1) is 0 Å². The highest BCUT2D eigenvalue weighted by molar-refractivity contribution is 5.51. The summed E-state index contributed by atoms with van der Waals surface area (Å²) in [4.78, 5) is 17.0. The Balaban J connectivity index is 1.35. The lowest BCUT2D eigenvalue weighted by Crippen LogP contribution is -2.48. The number of hydrogen-bond acceptors (Lipinski definition) is 6. The van der Waals surface area contributed by atoms with Gasteiger partial charge in [-0.2, -0.15) is 0 Å². The standard InChI is InChI=1S/C20H33N5O/c1-17-21-19(24-7-3-2-4-8-24)15-20(22-17)25-11-9-23(10-12-25)16-18-5-13-26-14-6-18/h15,18H,2-14,16H2,1H3. The molecule has 0 aromatic carbocycles. The molecule has 6 heteroatoms. The second-order valence-electron chi connectivity index (χ2n) is 8.02. The van der Waals surface area contributed by atoms with E-state index >= 15 is 0 Å². The number of hydrogen-bond donors (Lipinski definition) is 0. The van der Waals surface area contributed by atoms with Crippen molar-refractivity contribution >= 4 is 11.6 Å². The van der Waals surface area contributed by atoms with Gasteiger partial charge in [-0.3, -0.25) is 4.90 Å². The molecule has 4 heterocycles. The fourth-order valence-electron chi connectivity index (χ4n) is 4.44. The van der Waals surface area contributed by atoms with Gasteiger partial charge < -0.3 is 14.5 Å². The van der Waals surface area contributed by atoms with Crippen molar-refractivity contribution in [3.05, 3.63) is 11.9 Å². The molecule has 0 atom stereocenters. The van der Waals surface area contributed by atoms with E-state index in [0.717, 1.165) is 75.9 Å². The second-order valence-corrected chi connectivity index (χ2v) is 8.02. The highest BCUT2D eigenvalue weighted by Gasteiger charge is 2.23. The Morgan fingerprint density at radius 3 is 2.15 bits per heavy atom. The largest absolute Gasteiger partial charge is 0.381 e. The van der Waals surface area contributed by atoms with Crippen LogP contribution in [0, 0.1) is 12.8 Å². The average Bonchev–Trinajstić information content (AvgIpc) is 2.70. The smallest absolute Gasteiger partial charge is 0.134 e. The van der Waals surface area contributed by atoms with E-state index in [4.69, 9.17) is 14.7 Å². The zero-order valence-corrected chi connectivity index (χ0v) is 16.2. The van der Waals surface area contributed by atoms with Gasteiger partial charge in [-0.25, -0.2) is 9.97 Å². The molecular formula is C20H33N5O. The predicted molar refractivity (Wildman–Crippen MR) is 105 cm³/mol. The number of rotatable bonds is 4. The molecule has 0 radical (unpaired) electrons. The summed E-state index contributed by atoms with van der Waals surface area (Å²) in [7, 11) is 0. The molecule has 0 saturated carbocycles. The van der Waals surface area contributed by atoms with Crippen LogP contribution in [0.4, 0.5) is 11.6 Å². The first-order valence-corrected chi connectivity index (χ1v) is 10.4. The van der Waals surface area contributed by atoms with Crippen LogP contribution in [0.15, 0.2) is 6.07 Å². The molecule has 3 aliphatic rings. The van der Waals surface area contributed by atoms with E-state index in [-0.39, 0.29) is 0 Å². The fourth-order valence-corrected chi connectivity index (χ4v) is 4.44. The number of anilines is 2. The van der Waals surface area contributed by atoms with Gasteiger partial charge in [0.2, 0.25) is 0 Å². The number of piperidine rings is 1. The van der Waals surface area contributed by atoms with E-state index in [1.165, 1.54) is 38.6 Å². The van der Waals surface area contributed by atoms with Crippen LogP contribution in [0.3, 0.4) is 0 Å². The van der Waals surface area contributed by atoms with E-state index in [0.29, 0.717) is 0 Å². The fraction of sp³-hybridized carbons (Fsp3) is 0.800. The van der Waals surface area contributed by atoms with Crippen molar-refractivity contribution < 1.29 is 4.74 Å². The Kier molecular flexibility index (Phi) is 5.90. The average molecular weight is 360 g/mol. The summed E-state index contributed by atoms with van der Waals surface area (Å²) in [6, 6.07) is 2.21. The monoisotopic (exact) mass is 359 g/mol. The molecule has 0 spiro atoms. The van der Waals surface area contributed by atoms with Crippen molar-refractivity contribution in [2.45, 2.75) is 39.0 Å². The van der Waals surface area contributed by atoms with Crippen molar-refractivity contribution in [2.75, 3.05) is 68.8 Å². The summed E-state index contributed by atoms with van der Waals surface area (Å²) in [5, 5.41) is 0. The topological polar surface area (TPSA) is 44.7 Å². The summed E-state index contributed by atoms with van der Waals surface area (Å²) < 4.78 is 5.49. The Morgan fingerprint density at radius 1 is 0.885 bits per heavy atom. The summed E-state index contributed by atoms with van der Waals surface area (Å²) in [6.45, 7) is 11.8. The number of nitrogens with zero attached hydrogens (tertiary/aromatic N) is 5. The lowest BCUT2D eigenvalue weighted by molar-refractivity contribution is 0.0517. The van der Waals surface area contributed by atoms with Gasteiger partial charge in [-0.15, -0.1) is 0 Å². The first kappa shape index (κ1) is 18.0. The van der Waals surface area contributed by atoms with E-state index < -0.39 is 0 Å². The Hall–Kier alpha value is -1.40. The SMILES string of the molecule is Cc1nc(N2CCCCC2)cc(N2CCN(CC3CCOCC3)CC2)n1. The Morgan fingerprint density at radius 2 is 1.50 bits per heavy atom. The molecule has 144 valence electrons. The summed E-state index contributed by atoms with van der Waals surface area (Å²) >= 11 is 0. The molecule has 26 heavy (non-hydrogen) atoms. The van der Waals surface area contributed by atoms with Crippen LogP contribution in [0.1, 0.15) is 37.9 Å². The first-order chi connectivity index (χ1) is 12.8. The number of aryl methyl sites for hydroxylation is 1. The van der Waals surface area contributed by atoms with Crippen LogP contribution >= 0.6 is 0 Å². The lowest BCUT2D eigenvalue weighted by Gasteiger charge is -2.38. The maximum Gasteiger partial charge on any atom is 0.134 e. The van der Waals surface area contributed by atoms with Crippen LogP contribution in [-0.2, 0) is 4.74 Å². The molecule has 4 rings (SSSR count). The third-order valence-corrected chi connectivity index (χ3v) is 6.04. The van der Waals surface area contributed by atoms with Crippen LogP contribution < -0.4 is 9.80 Å². The predicted octanol–water partition coefficient (Wildman–Crippen LogP) is 2.32. The maximum absolute atomic E-state index is 5.49. The van der Waals surface area contributed by atoms with E-state index in [9.17, 15) is 0 Å². The van der Waals surface area contributed by atoms with Gasteiger partial charge in [0, 0.05) is 65.1 Å². The van der Waals surface area contributed by atoms with Crippen molar-refractivity contribution in [3.8, 4) is 0 Å². The van der Waals surface area contributed by atoms with Gasteiger partial charge in [0.1, 0.15) is 17.5 Å². The second kappa shape index (κ2) is 8.53. The van der Waals surface area contributed by atoms with E-state index in [2.05, 4.69) is 20.8 Å². The van der Waals surface area contributed by atoms with Crippen LogP contribution in [0.25, 0.3) is 0 Å². The highest BCUT2D eigenvalue weighted by Crippen LogP contribution is 2.24. The third-order valence-electron chi connectivity index (χ3n) is 6.04. The van der Waals surface area contributed by atoms with Crippen molar-refractivity contribution in [3.63, 3.8) is 0 Å². The number of piperazine rings is 1. The van der Waals surface area contributed by atoms with E-state index in [1.807, 2.05) is 6.92 Å². The van der Waals surface area contributed by atoms with Crippen molar-refractivity contribution in [1.29, 1.82) is 0 Å². The molecule has 3 fully saturated rings. The minimum atomic E-state index is 0.822. The van der Waals surface area contributed by atoms with Gasteiger partial charge in [-0.05, 0) is 44.9 Å². The third kappa shape index (κ3) is 4.46. The Bertz CT molecular complexity index is 576. The van der Waals surface area contributed by atoms with Crippen LogP contribution in [0.5, 0.6) is 0 Å².